The first kappa shape index (κ1) is 11.5. The summed E-state index contributed by atoms with van der Waals surface area (Å²) in [6, 6.07) is 8.28. The zero-order valence-electron chi connectivity index (χ0n) is 10.2. The molecule has 2 rings (SSSR count). The maximum Gasteiger partial charge on any atom is 0.122 e. The summed E-state index contributed by atoms with van der Waals surface area (Å²) in [5, 5.41) is 0. The van der Waals surface area contributed by atoms with E-state index in [0.717, 1.165) is 18.6 Å². The molecule has 0 heterocycles. The third kappa shape index (κ3) is 2.99. The third-order valence-electron chi connectivity index (χ3n) is 3.12. The van der Waals surface area contributed by atoms with Gasteiger partial charge in [0.15, 0.2) is 0 Å². The van der Waals surface area contributed by atoms with E-state index in [1.165, 1.54) is 18.4 Å². The van der Waals surface area contributed by atoms with Crippen molar-refractivity contribution in [3.63, 3.8) is 0 Å². The van der Waals surface area contributed by atoms with Crippen LogP contribution in [0.3, 0.4) is 0 Å². The van der Waals surface area contributed by atoms with Crippen molar-refractivity contribution in [2.75, 3.05) is 0 Å². The van der Waals surface area contributed by atoms with Gasteiger partial charge in [-0.3, -0.25) is 0 Å². The summed E-state index contributed by atoms with van der Waals surface area (Å²) < 4.78 is 5.79. The standard InChI is InChI=1S/C14H21NO/c1-11(2)16-13-6-4-3-5-12(13)7-8-14(15)9-10-14/h3-6,11H,7-10,15H2,1-2H3. The number of hydrogen-bond donors (Lipinski definition) is 1. The first-order chi connectivity index (χ1) is 7.59. The molecule has 0 aliphatic heterocycles. The van der Waals surface area contributed by atoms with Gasteiger partial charge in [0.25, 0.3) is 0 Å². The van der Waals surface area contributed by atoms with Gasteiger partial charge in [0, 0.05) is 5.54 Å². The minimum Gasteiger partial charge on any atom is -0.491 e. The highest BCUT2D eigenvalue weighted by molar-refractivity contribution is 5.34. The highest BCUT2D eigenvalue weighted by Crippen LogP contribution is 2.37. The van der Waals surface area contributed by atoms with Gasteiger partial charge in [-0.15, -0.1) is 0 Å². The smallest absolute Gasteiger partial charge is 0.122 e. The van der Waals surface area contributed by atoms with Crippen molar-refractivity contribution >= 4 is 0 Å². The average Bonchev–Trinajstić information content (AvgIpc) is 2.95. The fraction of sp³-hybridized carbons (Fsp3) is 0.571. The fourth-order valence-corrected chi connectivity index (χ4v) is 1.87. The normalized spacial score (nSPS) is 17.5. The van der Waals surface area contributed by atoms with E-state index in [1.54, 1.807) is 0 Å². The van der Waals surface area contributed by atoms with Crippen molar-refractivity contribution < 1.29 is 4.74 Å². The Bertz CT molecular complexity index is 356. The molecule has 0 spiro atoms. The average molecular weight is 219 g/mol. The van der Waals surface area contributed by atoms with Gasteiger partial charge < -0.3 is 10.5 Å². The molecule has 0 atom stereocenters. The fourth-order valence-electron chi connectivity index (χ4n) is 1.87. The summed E-state index contributed by atoms with van der Waals surface area (Å²) in [4.78, 5) is 0. The first-order valence-corrected chi connectivity index (χ1v) is 6.12. The molecule has 1 aliphatic rings. The molecular formula is C14H21NO. The Balaban J connectivity index is 2.01. The van der Waals surface area contributed by atoms with Crippen LogP contribution in [0.5, 0.6) is 5.75 Å². The molecule has 1 aliphatic carbocycles. The molecule has 0 amide bonds. The lowest BCUT2D eigenvalue weighted by atomic mass is 10.0. The lowest BCUT2D eigenvalue weighted by molar-refractivity contribution is 0.239. The Kier molecular flexibility index (Phi) is 3.20. The second-order valence-corrected chi connectivity index (χ2v) is 5.14. The molecule has 0 unspecified atom stereocenters. The predicted molar refractivity (Wildman–Crippen MR) is 66.7 cm³/mol. The maximum atomic E-state index is 6.10. The number of para-hydroxylation sites is 1. The first-order valence-electron chi connectivity index (χ1n) is 6.12. The third-order valence-corrected chi connectivity index (χ3v) is 3.12. The van der Waals surface area contributed by atoms with Crippen LogP contribution in [0, 0.1) is 0 Å². The number of hydrogen-bond acceptors (Lipinski definition) is 2. The van der Waals surface area contributed by atoms with Crippen molar-refractivity contribution in [2.24, 2.45) is 5.73 Å². The quantitative estimate of drug-likeness (QED) is 0.826. The van der Waals surface area contributed by atoms with E-state index >= 15 is 0 Å². The minimum atomic E-state index is 0.130. The predicted octanol–water partition coefficient (Wildman–Crippen LogP) is 2.90. The molecule has 1 saturated carbocycles. The van der Waals surface area contributed by atoms with Gasteiger partial charge in [-0.2, -0.15) is 0 Å². The van der Waals surface area contributed by atoms with Crippen LogP contribution < -0.4 is 10.5 Å². The van der Waals surface area contributed by atoms with Crippen LogP contribution in [-0.2, 0) is 6.42 Å². The van der Waals surface area contributed by atoms with E-state index in [-0.39, 0.29) is 11.6 Å². The highest BCUT2D eigenvalue weighted by atomic mass is 16.5. The van der Waals surface area contributed by atoms with Gasteiger partial charge >= 0.3 is 0 Å². The van der Waals surface area contributed by atoms with E-state index in [0.29, 0.717) is 0 Å². The summed E-state index contributed by atoms with van der Waals surface area (Å²) in [7, 11) is 0. The molecule has 16 heavy (non-hydrogen) atoms. The van der Waals surface area contributed by atoms with E-state index in [2.05, 4.69) is 26.0 Å². The van der Waals surface area contributed by atoms with E-state index in [4.69, 9.17) is 10.5 Å². The Labute approximate surface area is 97.8 Å². The van der Waals surface area contributed by atoms with Crippen LogP contribution in [0.2, 0.25) is 0 Å². The molecule has 2 heteroatoms. The molecule has 0 saturated heterocycles. The Morgan fingerprint density at radius 1 is 1.31 bits per heavy atom. The second-order valence-electron chi connectivity index (χ2n) is 5.14. The van der Waals surface area contributed by atoms with Crippen LogP contribution in [0.25, 0.3) is 0 Å². The highest BCUT2D eigenvalue weighted by Gasteiger charge is 2.37. The zero-order valence-corrected chi connectivity index (χ0v) is 10.2. The molecular weight excluding hydrogens is 198 g/mol. The molecule has 1 aromatic carbocycles. The van der Waals surface area contributed by atoms with Crippen molar-refractivity contribution in [1.82, 2.24) is 0 Å². The van der Waals surface area contributed by atoms with Gasteiger partial charge in [0.1, 0.15) is 5.75 Å². The van der Waals surface area contributed by atoms with Crippen molar-refractivity contribution in [3.05, 3.63) is 29.8 Å². The molecule has 0 bridgehead atoms. The summed E-state index contributed by atoms with van der Waals surface area (Å²) in [5.41, 5.74) is 7.52. The Hall–Kier alpha value is -1.02. The number of benzene rings is 1. The monoisotopic (exact) mass is 219 g/mol. The Morgan fingerprint density at radius 3 is 2.62 bits per heavy atom. The minimum absolute atomic E-state index is 0.130. The van der Waals surface area contributed by atoms with Crippen LogP contribution >= 0.6 is 0 Å². The molecule has 2 N–H and O–H groups in total. The molecule has 0 aromatic heterocycles. The van der Waals surface area contributed by atoms with Gasteiger partial charge in [0.2, 0.25) is 0 Å². The second kappa shape index (κ2) is 4.46. The van der Waals surface area contributed by atoms with Crippen molar-refractivity contribution in [1.29, 1.82) is 0 Å². The molecule has 88 valence electrons. The lowest BCUT2D eigenvalue weighted by Crippen LogP contribution is -2.22. The Morgan fingerprint density at radius 2 is 2.00 bits per heavy atom. The molecule has 1 fully saturated rings. The van der Waals surface area contributed by atoms with Gasteiger partial charge in [0.05, 0.1) is 6.10 Å². The molecule has 0 radical (unpaired) electrons. The van der Waals surface area contributed by atoms with Gasteiger partial charge in [-0.1, -0.05) is 18.2 Å². The van der Waals surface area contributed by atoms with E-state index in [1.807, 2.05) is 12.1 Å². The summed E-state index contributed by atoms with van der Waals surface area (Å²) in [5.74, 6) is 1.02. The topological polar surface area (TPSA) is 35.2 Å². The number of aryl methyl sites for hydroxylation is 1. The summed E-state index contributed by atoms with van der Waals surface area (Å²) in [6.45, 7) is 4.12. The molecule has 1 aromatic rings. The van der Waals surface area contributed by atoms with Gasteiger partial charge in [-0.25, -0.2) is 0 Å². The van der Waals surface area contributed by atoms with Crippen LogP contribution in [0.15, 0.2) is 24.3 Å². The summed E-state index contributed by atoms with van der Waals surface area (Å²) in [6.07, 6.45) is 4.69. The van der Waals surface area contributed by atoms with Crippen LogP contribution in [0.1, 0.15) is 38.7 Å². The largest absolute Gasteiger partial charge is 0.491 e. The maximum absolute atomic E-state index is 6.10. The van der Waals surface area contributed by atoms with Crippen LogP contribution in [0.4, 0.5) is 0 Å². The van der Waals surface area contributed by atoms with E-state index in [9.17, 15) is 0 Å². The number of nitrogens with two attached hydrogens (primary N) is 1. The molecule has 2 nitrogen and oxygen atoms in total. The van der Waals surface area contributed by atoms with Crippen LogP contribution in [-0.4, -0.2) is 11.6 Å². The van der Waals surface area contributed by atoms with Crippen molar-refractivity contribution in [2.45, 2.75) is 51.2 Å². The van der Waals surface area contributed by atoms with E-state index < -0.39 is 0 Å². The lowest BCUT2D eigenvalue weighted by Gasteiger charge is -2.15. The summed E-state index contributed by atoms with van der Waals surface area (Å²) >= 11 is 0. The van der Waals surface area contributed by atoms with Gasteiger partial charge in [-0.05, 0) is 51.2 Å². The number of rotatable bonds is 5. The van der Waals surface area contributed by atoms with Crippen molar-refractivity contribution in [3.8, 4) is 5.75 Å². The number of ether oxygens (including phenoxy) is 1. The SMILES string of the molecule is CC(C)Oc1ccccc1CCC1(N)CC1. The zero-order chi connectivity index (χ0) is 11.6.